The number of aryl methyl sites for hydroxylation is 1. The van der Waals surface area contributed by atoms with E-state index in [1.54, 1.807) is 38.6 Å². The summed E-state index contributed by atoms with van der Waals surface area (Å²) in [6.07, 6.45) is 1.68. The van der Waals surface area contributed by atoms with E-state index in [4.69, 9.17) is 9.47 Å². The molecule has 0 saturated heterocycles. The summed E-state index contributed by atoms with van der Waals surface area (Å²) in [6, 6.07) is 21.1. The number of hydrogen-bond acceptors (Lipinski definition) is 4. The highest BCUT2D eigenvalue weighted by atomic mass is 16.5. The zero-order chi connectivity index (χ0) is 21.8. The Bertz CT molecular complexity index is 1240. The van der Waals surface area contributed by atoms with Gasteiger partial charge in [-0.1, -0.05) is 48.5 Å². The number of carbonyl (C=O) groups excluding carboxylic acids is 1. The number of methoxy groups -OCH3 is 2. The van der Waals surface area contributed by atoms with E-state index in [0.717, 1.165) is 33.3 Å². The second-order valence-corrected chi connectivity index (χ2v) is 7.08. The zero-order valence-electron chi connectivity index (χ0n) is 17.6. The van der Waals surface area contributed by atoms with Gasteiger partial charge in [0.15, 0.2) is 0 Å². The predicted octanol–water partition coefficient (Wildman–Crippen LogP) is 4.92. The SMILES string of the molecule is COc1cc(OC)cc(C(=O)NN=Cc2c(-c3ccccc3)[nH]c3c(C)cccc23)c1. The van der Waals surface area contributed by atoms with Crippen LogP contribution in [0.4, 0.5) is 0 Å². The Labute approximate surface area is 180 Å². The molecule has 0 unspecified atom stereocenters. The van der Waals surface area contributed by atoms with E-state index in [1.165, 1.54) is 0 Å². The molecule has 0 radical (unpaired) electrons. The van der Waals surface area contributed by atoms with Crippen LogP contribution in [0.5, 0.6) is 11.5 Å². The van der Waals surface area contributed by atoms with Gasteiger partial charge in [-0.3, -0.25) is 4.79 Å². The average molecular weight is 413 g/mol. The molecule has 4 rings (SSSR count). The van der Waals surface area contributed by atoms with Crippen LogP contribution in [0.15, 0.2) is 71.8 Å². The minimum absolute atomic E-state index is 0.356. The van der Waals surface area contributed by atoms with Gasteiger partial charge in [-0.15, -0.1) is 0 Å². The third kappa shape index (κ3) is 4.14. The monoisotopic (exact) mass is 413 g/mol. The smallest absolute Gasteiger partial charge is 0.271 e. The number of hydrogen-bond donors (Lipinski definition) is 2. The van der Waals surface area contributed by atoms with Gasteiger partial charge in [0.25, 0.3) is 5.91 Å². The zero-order valence-corrected chi connectivity index (χ0v) is 17.6. The fraction of sp³-hybridized carbons (Fsp3) is 0.120. The van der Waals surface area contributed by atoms with Gasteiger partial charge < -0.3 is 14.5 Å². The van der Waals surface area contributed by atoms with Crippen molar-refractivity contribution in [3.8, 4) is 22.8 Å². The van der Waals surface area contributed by atoms with Crippen LogP contribution in [0.3, 0.4) is 0 Å². The molecule has 1 amide bonds. The van der Waals surface area contributed by atoms with Gasteiger partial charge in [-0.05, 0) is 30.2 Å². The van der Waals surface area contributed by atoms with Crippen LogP contribution in [0, 0.1) is 6.92 Å². The Morgan fingerprint density at radius 3 is 2.35 bits per heavy atom. The molecule has 3 aromatic carbocycles. The fourth-order valence-corrected chi connectivity index (χ4v) is 3.51. The first-order chi connectivity index (χ1) is 15.1. The Hall–Kier alpha value is -4.06. The van der Waals surface area contributed by atoms with Gasteiger partial charge in [0.1, 0.15) is 11.5 Å². The molecular formula is C25H23N3O3. The number of aromatic amines is 1. The number of aromatic nitrogens is 1. The third-order valence-electron chi connectivity index (χ3n) is 5.12. The topological polar surface area (TPSA) is 75.7 Å². The van der Waals surface area contributed by atoms with Gasteiger partial charge >= 0.3 is 0 Å². The highest BCUT2D eigenvalue weighted by Crippen LogP contribution is 2.30. The van der Waals surface area contributed by atoms with Crippen molar-refractivity contribution in [3.63, 3.8) is 0 Å². The molecule has 0 aliphatic heterocycles. The Balaban J connectivity index is 1.67. The first-order valence-corrected chi connectivity index (χ1v) is 9.84. The summed E-state index contributed by atoms with van der Waals surface area (Å²) in [6.45, 7) is 2.06. The number of nitrogens with zero attached hydrogens (tertiary/aromatic N) is 1. The summed E-state index contributed by atoms with van der Waals surface area (Å²) < 4.78 is 10.5. The molecule has 6 nitrogen and oxygen atoms in total. The molecule has 0 atom stereocenters. The molecule has 0 fully saturated rings. The van der Waals surface area contributed by atoms with Crippen LogP contribution >= 0.6 is 0 Å². The number of carbonyl (C=O) groups is 1. The van der Waals surface area contributed by atoms with Crippen molar-refractivity contribution in [1.82, 2.24) is 10.4 Å². The van der Waals surface area contributed by atoms with E-state index in [9.17, 15) is 4.79 Å². The number of amides is 1. The standard InChI is InChI=1S/C25H23N3O3/c1-16-8-7-11-21-22(24(27-23(16)21)17-9-5-4-6-10-17)15-26-28-25(29)18-12-19(30-2)14-20(13-18)31-3/h4-15,27H,1-3H3,(H,28,29). The molecule has 156 valence electrons. The Kier molecular flexibility index (Phi) is 5.71. The molecule has 0 aliphatic rings. The van der Waals surface area contributed by atoms with Crippen LogP contribution in [0.2, 0.25) is 0 Å². The molecular weight excluding hydrogens is 390 g/mol. The summed E-state index contributed by atoms with van der Waals surface area (Å²) in [7, 11) is 3.08. The molecule has 0 saturated carbocycles. The van der Waals surface area contributed by atoms with Gasteiger partial charge in [0, 0.05) is 28.1 Å². The fourth-order valence-electron chi connectivity index (χ4n) is 3.51. The molecule has 6 heteroatoms. The molecule has 1 heterocycles. The minimum Gasteiger partial charge on any atom is -0.497 e. The first-order valence-electron chi connectivity index (χ1n) is 9.84. The lowest BCUT2D eigenvalue weighted by Crippen LogP contribution is -2.17. The Morgan fingerprint density at radius 2 is 1.68 bits per heavy atom. The maximum absolute atomic E-state index is 12.6. The van der Waals surface area contributed by atoms with Crippen molar-refractivity contribution >= 4 is 23.0 Å². The molecule has 2 N–H and O–H groups in total. The lowest BCUT2D eigenvalue weighted by molar-refractivity contribution is 0.0954. The first kappa shape index (κ1) is 20.2. The largest absolute Gasteiger partial charge is 0.497 e. The molecule has 4 aromatic rings. The number of nitrogens with one attached hydrogen (secondary N) is 2. The predicted molar refractivity (Wildman–Crippen MR) is 123 cm³/mol. The van der Waals surface area contributed by atoms with E-state index >= 15 is 0 Å². The molecule has 0 aliphatic carbocycles. The molecule has 0 spiro atoms. The highest BCUT2D eigenvalue weighted by Gasteiger charge is 2.13. The van der Waals surface area contributed by atoms with E-state index < -0.39 is 0 Å². The quantitative estimate of drug-likeness (QED) is 0.348. The normalized spacial score (nSPS) is 11.1. The van der Waals surface area contributed by atoms with Gasteiger partial charge in [0.2, 0.25) is 0 Å². The number of para-hydroxylation sites is 1. The number of benzene rings is 3. The van der Waals surface area contributed by atoms with Crippen molar-refractivity contribution in [1.29, 1.82) is 0 Å². The van der Waals surface area contributed by atoms with Crippen LogP contribution in [0.25, 0.3) is 22.2 Å². The van der Waals surface area contributed by atoms with Gasteiger partial charge in [0.05, 0.1) is 26.1 Å². The maximum atomic E-state index is 12.6. The van der Waals surface area contributed by atoms with E-state index in [1.807, 2.05) is 42.5 Å². The summed E-state index contributed by atoms with van der Waals surface area (Å²) in [5, 5.41) is 5.28. The number of fused-ring (bicyclic) bond motifs is 1. The second kappa shape index (κ2) is 8.75. The minimum atomic E-state index is -0.356. The van der Waals surface area contributed by atoms with Crippen molar-refractivity contribution in [2.75, 3.05) is 14.2 Å². The summed E-state index contributed by atoms with van der Waals surface area (Å²) in [4.78, 5) is 16.1. The van der Waals surface area contributed by atoms with Gasteiger partial charge in [-0.2, -0.15) is 5.10 Å². The van der Waals surface area contributed by atoms with Crippen LogP contribution < -0.4 is 14.9 Å². The molecule has 1 aromatic heterocycles. The van der Waals surface area contributed by atoms with Crippen LogP contribution in [0.1, 0.15) is 21.5 Å². The third-order valence-corrected chi connectivity index (χ3v) is 5.12. The average Bonchev–Trinajstić information content (AvgIpc) is 3.19. The van der Waals surface area contributed by atoms with Crippen molar-refractivity contribution < 1.29 is 14.3 Å². The molecule has 31 heavy (non-hydrogen) atoms. The van der Waals surface area contributed by atoms with E-state index in [0.29, 0.717) is 17.1 Å². The summed E-state index contributed by atoms with van der Waals surface area (Å²) in [5.41, 5.74) is 8.09. The van der Waals surface area contributed by atoms with Crippen LogP contribution in [-0.2, 0) is 0 Å². The summed E-state index contributed by atoms with van der Waals surface area (Å²) >= 11 is 0. The molecule has 0 bridgehead atoms. The number of rotatable bonds is 6. The van der Waals surface area contributed by atoms with Crippen molar-refractivity contribution in [3.05, 3.63) is 83.4 Å². The lowest BCUT2D eigenvalue weighted by atomic mass is 10.1. The number of hydrazone groups is 1. The maximum Gasteiger partial charge on any atom is 0.271 e. The summed E-state index contributed by atoms with van der Waals surface area (Å²) in [5.74, 6) is 0.713. The second-order valence-electron chi connectivity index (χ2n) is 7.08. The lowest BCUT2D eigenvalue weighted by Gasteiger charge is -2.07. The van der Waals surface area contributed by atoms with Crippen LogP contribution in [-0.4, -0.2) is 31.3 Å². The highest BCUT2D eigenvalue weighted by molar-refractivity contribution is 6.07. The van der Waals surface area contributed by atoms with Crippen molar-refractivity contribution in [2.45, 2.75) is 6.92 Å². The van der Waals surface area contributed by atoms with E-state index in [2.05, 4.69) is 28.5 Å². The number of ether oxygens (including phenoxy) is 2. The Morgan fingerprint density at radius 1 is 0.968 bits per heavy atom. The van der Waals surface area contributed by atoms with Crippen molar-refractivity contribution in [2.24, 2.45) is 5.10 Å². The van der Waals surface area contributed by atoms with Gasteiger partial charge in [-0.25, -0.2) is 5.43 Å². The number of H-pyrrole nitrogens is 1. The van der Waals surface area contributed by atoms with E-state index in [-0.39, 0.29) is 5.91 Å².